The molecular formula is C16H19N3OS. The molecule has 21 heavy (non-hydrogen) atoms. The molecule has 1 fully saturated rings. The van der Waals surface area contributed by atoms with Crippen molar-refractivity contribution in [2.45, 2.75) is 31.7 Å². The minimum atomic E-state index is -0.332. The largest absolute Gasteiger partial charge is 0.399 e. The van der Waals surface area contributed by atoms with E-state index in [9.17, 15) is 4.79 Å². The van der Waals surface area contributed by atoms with Gasteiger partial charge in [-0.05, 0) is 37.5 Å². The van der Waals surface area contributed by atoms with E-state index in [1.165, 1.54) is 0 Å². The molecule has 0 saturated heterocycles. The molecule has 0 atom stereocenters. The zero-order chi connectivity index (χ0) is 15.0. The maximum Gasteiger partial charge on any atom is 0.233 e. The summed E-state index contributed by atoms with van der Waals surface area (Å²) < 4.78 is 0. The first-order valence-corrected chi connectivity index (χ1v) is 7.91. The van der Waals surface area contributed by atoms with Gasteiger partial charge in [0.2, 0.25) is 5.91 Å². The lowest BCUT2D eigenvalue weighted by Gasteiger charge is -2.23. The number of aromatic nitrogens is 1. The van der Waals surface area contributed by atoms with Gasteiger partial charge in [-0.15, -0.1) is 11.3 Å². The summed E-state index contributed by atoms with van der Waals surface area (Å²) in [5.41, 5.74) is 10.1. The predicted molar refractivity (Wildman–Crippen MR) is 85.1 cm³/mol. The van der Waals surface area contributed by atoms with E-state index in [0.717, 1.165) is 34.7 Å². The minimum Gasteiger partial charge on any atom is -0.399 e. The summed E-state index contributed by atoms with van der Waals surface area (Å²) in [6, 6.07) is 7.70. The van der Waals surface area contributed by atoms with Crippen LogP contribution in [0.4, 0.5) is 5.69 Å². The van der Waals surface area contributed by atoms with Crippen LogP contribution >= 0.6 is 11.3 Å². The van der Waals surface area contributed by atoms with Gasteiger partial charge in [0.1, 0.15) is 0 Å². The van der Waals surface area contributed by atoms with Gasteiger partial charge in [-0.2, -0.15) is 0 Å². The SMILES string of the molecule is Cc1ncsc1CN(C)C(=O)C1(c2ccc(N)cc2)CC1. The fraction of sp³-hybridized carbons (Fsp3) is 0.375. The summed E-state index contributed by atoms with van der Waals surface area (Å²) in [6.07, 6.45) is 1.84. The third-order valence-electron chi connectivity index (χ3n) is 4.19. The fourth-order valence-electron chi connectivity index (χ4n) is 2.68. The Morgan fingerprint density at radius 1 is 1.38 bits per heavy atom. The summed E-state index contributed by atoms with van der Waals surface area (Å²) in [4.78, 5) is 20.0. The van der Waals surface area contributed by atoms with Gasteiger partial charge < -0.3 is 10.6 Å². The average Bonchev–Trinajstić information content (AvgIpc) is 3.19. The Balaban J connectivity index is 1.78. The van der Waals surface area contributed by atoms with Crippen LogP contribution in [0.5, 0.6) is 0 Å². The monoisotopic (exact) mass is 301 g/mol. The van der Waals surface area contributed by atoms with Gasteiger partial charge in [-0.1, -0.05) is 12.1 Å². The molecule has 1 heterocycles. The standard InChI is InChI=1S/C16H19N3OS/c1-11-14(21-10-18-11)9-19(2)15(20)16(7-8-16)12-3-5-13(17)6-4-12/h3-6,10H,7-9,17H2,1-2H3. The van der Waals surface area contributed by atoms with Crippen molar-refractivity contribution >= 4 is 22.9 Å². The first-order chi connectivity index (χ1) is 10.0. The Labute approximate surface area is 128 Å². The number of carbonyl (C=O) groups is 1. The number of hydrogen-bond donors (Lipinski definition) is 1. The molecule has 1 aliphatic carbocycles. The Morgan fingerprint density at radius 2 is 2.05 bits per heavy atom. The van der Waals surface area contributed by atoms with E-state index in [2.05, 4.69) is 4.98 Å². The number of thiazole rings is 1. The Hall–Kier alpha value is -1.88. The van der Waals surface area contributed by atoms with E-state index in [1.807, 2.05) is 48.6 Å². The van der Waals surface area contributed by atoms with Crippen molar-refractivity contribution in [1.82, 2.24) is 9.88 Å². The number of nitrogens with two attached hydrogens (primary N) is 1. The van der Waals surface area contributed by atoms with Gasteiger partial charge in [0.15, 0.2) is 0 Å². The number of carbonyl (C=O) groups excluding carboxylic acids is 1. The highest BCUT2D eigenvalue weighted by Gasteiger charge is 2.52. The smallest absolute Gasteiger partial charge is 0.233 e. The van der Waals surface area contributed by atoms with E-state index in [0.29, 0.717) is 6.54 Å². The number of nitrogens with zero attached hydrogens (tertiary/aromatic N) is 2. The van der Waals surface area contributed by atoms with Crippen LogP contribution in [0.15, 0.2) is 29.8 Å². The Morgan fingerprint density at radius 3 is 2.57 bits per heavy atom. The van der Waals surface area contributed by atoms with Crippen LogP contribution in [0, 0.1) is 6.92 Å². The molecule has 0 spiro atoms. The summed E-state index contributed by atoms with van der Waals surface area (Å²) >= 11 is 1.60. The zero-order valence-corrected chi connectivity index (χ0v) is 13.1. The highest BCUT2D eigenvalue weighted by molar-refractivity contribution is 7.09. The number of aryl methyl sites for hydroxylation is 1. The molecular weight excluding hydrogens is 282 g/mol. The molecule has 1 aromatic carbocycles. The second-order valence-corrected chi connectivity index (χ2v) is 6.67. The van der Waals surface area contributed by atoms with Gasteiger partial charge in [0.05, 0.1) is 23.2 Å². The molecule has 3 rings (SSSR count). The minimum absolute atomic E-state index is 0.195. The molecule has 0 unspecified atom stereocenters. The third-order valence-corrected chi connectivity index (χ3v) is 5.11. The first kappa shape index (κ1) is 14.1. The van der Waals surface area contributed by atoms with E-state index in [1.54, 1.807) is 11.3 Å². The second-order valence-electron chi connectivity index (χ2n) is 5.73. The van der Waals surface area contributed by atoms with Gasteiger partial charge in [-0.25, -0.2) is 4.98 Å². The van der Waals surface area contributed by atoms with Gasteiger partial charge >= 0.3 is 0 Å². The van der Waals surface area contributed by atoms with Crippen LogP contribution in [0.1, 0.15) is 29.0 Å². The zero-order valence-electron chi connectivity index (χ0n) is 12.3. The van der Waals surface area contributed by atoms with Crippen LogP contribution in [0.3, 0.4) is 0 Å². The highest BCUT2D eigenvalue weighted by Crippen LogP contribution is 2.49. The summed E-state index contributed by atoms with van der Waals surface area (Å²) in [5.74, 6) is 0.195. The van der Waals surface area contributed by atoms with E-state index < -0.39 is 0 Å². The first-order valence-electron chi connectivity index (χ1n) is 7.03. The number of anilines is 1. The molecule has 1 aromatic heterocycles. The van der Waals surface area contributed by atoms with Crippen molar-refractivity contribution < 1.29 is 4.79 Å². The lowest BCUT2D eigenvalue weighted by atomic mass is 9.94. The molecule has 0 bridgehead atoms. The molecule has 0 aliphatic heterocycles. The second kappa shape index (κ2) is 5.15. The molecule has 4 nitrogen and oxygen atoms in total. The fourth-order valence-corrected chi connectivity index (χ4v) is 3.51. The van der Waals surface area contributed by atoms with Gasteiger partial charge in [0, 0.05) is 17.6 Å². The van der Waals surface area contributed by atoms with Crippen LogP contribution in [0.25, 0.3) is 0 Å². The lowest BCUT2D eigenvalue weighted by Crippen LogP contribution is -2.36. The van der Waals surface area contributed by atoms with Crippen LogP contribution in [-0.2, 0) is 16.8 Å². The van der Waals surface area contributed by atoms with Crippen molar-refractivity contribution in [2.75, 3.05) is 12.8 Å². The number of rotatable bonds is 4. The number of hydrogen-bond acceptors (Lipinski definition) is 4. The molecule has 1 amide bonds. The third kappa shape index (κ3) is 2.53. The summed E-state index contributed by atoms with van der Waals surface area (Å²) in [7, 11) is 1.87. The number of amides is 1. The van der Waals surface area contributed by atoms with Crippen molar-refractivity contribution in [3.63, 3.8) is 0 Å². The summed E-state index contributed by atoms with van der Waals surface area (Å²) in [5, 5.41) is 0. The lowest BCUT2D eigenvalue weighted by molar-refractivity contribution is -0.133. The molecule has 110 valence electrons. The van der Waals surface area contributed by atoms with Gasteiger partial charge in [-0.3, -0.25) is 4.79 Å². The normalized spacial score (nSPS) is 15.7. The summed E-state index contributed by atoms with van der Waals surface area (Å²) in [6.45, 7) is 2.61. The Bertz CT molecular complexity index is 658. The van der Waals surface area contributed by atoms with Crippen LogP contribution in [0.2, 0.25) is 0 Å². The average molecular weight is 301 g/mol. The molecule has 1 aliphatic rings. The van der Waals surface area contributed by atoms with E-state index >= 15 is 0 Å². The van der Waals surface area contributed by atoms with Gasteiger partial charge in [0.25, 0.3) is 0 Å². The van der Waals surface area contributed by atoms with Crippen molar-refractivity contribution in [1.29, 1.82) is 0 Å². The van der Waals surface area contributed by atoms with Crippen LogP contribution < -0.4 is 5.73 Å². The highest BCUT2D eigenvalue weighted by atomic mass is 32.1. The van der Waals surface area contributed by atoms with E-state index in [-0.39, 0.29) is 11.3 Å². The molecule has 1 saturated carbocycles. The quantitative estimate of drug-likeness (QED) is 0.883. The maximum atomic E-state index is 12.8. The topological polar surface area (TPSA) is 59.2 Å². The predicted octanol–water partition coefficient (Wildman–Crippen LogP) is 2.72. The van der Waals surface area contributed by atoms with E-state index in [4.69, 9.17) is 5.73 Å². The molecule has 2 aromatic rings. The molecule has 0 radical (unpaired) electrons. The number of nitrogen functional groups attached to an aromatic ring is 1. The van der Waals surface area contributed by atoms with Crippen molar-refractivity contribution in [2.24, 2.45) is 0 Å². The number of benzene rings is 1. The van der Waals surface area contributed by atoms with Crippen molar-refractivity contribution in [3.8, 4) is 0 Å². The maximum absolute atomic E-state index is 12.8. The van der Waals surface area contributed by atoms with Crippen molar-refractivity contribution in [3.05, 3.63) is 45.9 Å². The Kier molecular flexibility index (Phi) is 3.45. The molecule has 5 heteroatoms. The molecule has 2 N–H and O–H groups in total. The van der Waals surface area contributed by atoms with Crippen LogP contribution in [-0.4, -0.2) is 22.8 Å². The number of likely N-dealkylation sites (N-methyl/N-ethyl adjacent to an activating group) is 1.